The summed E-state index contributed by atoms with van der Waals surface area (Å²) in [5.41, 5.74) is 7.12. The van der Waals surface area contributed by atoms with Crippen molar-refractivity contribution in [1.29, 1.82) is 0 Å². The van der Waals surface area contributed by atoms with Crippen LogP contribution in [0, 0.1) is 5.41 Å². The van der Waals surface area contributed by atoms with Crippen LogP contribution in [0.25, 0.3) is 0 Å². The van der Waals surface area contributed by atoms with E-state index in [2.05, 4.69) is 13.8 Å². The fourth-order valence-electron chi connectivity index (χ4n) is 2.52. The summed E-state index contributed by atoms with van der Waals surface area (Å²) >= 11 is 0. The van der Waals surface area contributed by atoms with Gasteiger partial charge in [0.2, 0.25) is 0 Å². The minimum absolute atomic E-state index is 0.0373. The van der Waals surface area contributed by atoms with E-state index in [0.717, 1.165) is 31.2 Å². The van der Waals surface area contributed by atoms with Crippen molar-refractivity contribution in [3.05, 3.63) is 35.9 Å². The zero-order chi connectivity index (χ0) is 13.9. The van der Waals surface area contributed by atoms with Gasteiger partial charge in [-0.25, -0.2) is 4.79 Å². The molecule has 1 aromatic carbocycles. The fraction of sp³-hybridized carbons (Fsp3) is 0.562. The Hall–Kier alpha value is -1.35. The molecule has 3 heteroatoms. The Kier molecular flexibility index (Phi) is 4.25. The van der Waals surface area contributed by atoms with Crippen LogP contribution >= 0.6 is 0 Å². The molecule has 0 spiro atoms. The van der Waals surface area contributed by atoms with Gasteiger partial charge in [-0.05, 0) is 36.7 Å². The first-order valence-corrected chi connectivity index (χ1v) is 6.99. The van der Waals surface area contributed by atoms with Gasteiger partial charge in [0, 0.05) is 0 Å². The van der Waals surface area contributed by atoms with Crippen molar-refractivity contribution in [3.8, 4) is 0 Å². The Bertz CT molecular complexity index is 418. The molecule has 0 heterocycles. The number of rotatable bonds is 3. The van der Waals surface area contributed by atoms with E-state index >= 15 is 0 Å². The minimum atomic E-state index is -0.670. The van der Waals surface area contributed by atoms with E-state index in [1.807, 2.05) is 30.3 Å². The number of nitrogens with two attached hydrogens (primary N) is 1. The second kappa shape index (κ2) is 5.74. The molecule has 0 amide bonds. The molecule has 0 saturated heterocycles. The highest BCUT2D eigenvalue weighted by molar-refractivity contribution is 5.77. The molecule has 0 bridgehead atoms. The Labute approximate surface area is 115 Å². The quantitative estimate of drug-likeness (QED) is 0.850. The number of ether oxygens (including phenoxy) is 1. The maximum atomic E-state index is 12.0. The van der Waals surface area contributed by atoms with Gasteiger partial charge in [0.1, 0.15) is 12.1 Å². The Morgan fingerprint density at radius 2 is 1.84 bits per heavy atom. The molecule has 104 valence electrons. The standard InChI is InChI=1S/C16H23NO2/c1-16(2)10-8-13(9-11-16)19-15(18)14(17)12-6-4-3-5-7-12/h3-7,13-14H,8-11,17H2,1-2H3/t14-/m1/s1. The lowest BCUT2D eigenvalue weighted by Gasteiger charge is -2.34. The lowest BCUT2D eigenvalue weighted by Crippen LogP contribution is -2.32. The summed E-state index contributed by atoms with van der Waals surface area (Å²) in [7, 11) is 0. The first-order valence-electron chi connectivity index (χ1n) is 6.99. The van der Waals surface area contributed by atoms with Gasteiger partial charge in [-0.15, -0.1) is 0 Å². The van der Waals surface area contributed by atoms with E-state index in [1.165, 1.54) is 0 Å². The van der Waals surface area contributed by atoms with Crippen LogP contribution in [0.5, 0.6) is 0 Å². The maximum Gasteiger partial charge on any atom is 0.327 e. The van der Waals surface area contributed by atoms with E-state index in [0.29, 0.717) is 5.41 Å². The molecule has 1 atom stereocenters. The van der Waals surface area contributed by atoms with Gasteiger partial charge < -0.3 is 10.5 Å². The summed E-state index contributed by atoms with van der Waals surface area (Å²) in [6.45, 7) is 4.53. The first kappa shape index (κ1) is 14.1. The van der Waals surface area contributed by atoms with E-state index in [1.54, 1.807) is 0 Å². The number of hydrogen-bond acceptors (Lipinski definition) is 3. The molecule has 1 aliphatic rings. The summed E-state index contributed by atoms with van der Waals surface area (Å²) in [6.07, 6.45) is 4.13. The van der Waals surface area contributed by atoms with Crippen molar-refractivity contribution >= 4 is 5.97 Å². The molecular formula is C16H23NO2. The average molecular weight is 261 g/mol. The highest BCUT2D eigenvalue weighted by Crippen LogP contribution is 2.36. The van der Waals surface area contributed by atoms with Crippen molar-refractivity contribution in [3.63, 3.8) is 0 Å². The SMILES string of the molecule is CC1(C)CCC(OC(=O)[C@H](N)c2ccccc2)CC1. The van der Waals surface area contributed by atoms with Gasteiger partial charge in [-0.2, -0.15) is 0 Å². The van der Waals surface area contributed by atoms with E-state index in [4.69, 9.17) is 10.5 Å². The van der Waals surface area contributed by atoms with Gasteiger partial charge in [0.05, 0.1) is 0 Å². The van der Waals surface area contributed by atoms with Crippen LogP contribution in [0.3, 0.4) is 0 Å². The largest absolute Gasteiger partial charge is 0.461 e. The molecular weight excluding hydrogens is 238 g/mol. The molecule has 1 fully saturated rings. The average Bonchev–Trinajstić information content (AvgIpc) is 2.41. The van der Waals surface area contributed by atoms with Crippen molar-refractivity contribution in [1.82, 2.24) is 0 Å². The topological polar surface area (TPSA) is 52.3 Å². The van der Waals surface area contributed by atoms with Crippen molar-refractivity contribution in [2.24, 2.45) is 11.1 Å². The lowest BCUT2D eigenvalue weighted by atomic mass is 9.76. The maximum absolute atomic E-state index is 12.0. The second-order valence-corrected chi connectivity index (χ2v) is 6.19. The van der Waals surface area contributed by atoms with Gasteiger partial charge >= 0.3 is 5.97 Å². The highest BCUT2D eigenvalue weighted by atomic mass is 16.5. The predicted molar refractivity (Wildman–Crippen MR) is 75.5 cm³/mol. The smallest absolute Gasteiger partial charge is 0.327 e. The highest BCUT2D eigenvalue weighted by Gasteiger charge is 2.30. The third-order valence-electron chi connectivity index (χ3n) is 3.98. The fourth-order valence-corrected chi connectivity index (χ4v) is 2.52. The van der Waals surface area contributed by atoms with Gasteiger partial charge in [0.15, 0.2) is 0 Å². The van der Waals surface area contributed by atoms with Crippen LogP contribution in [0.15, 0.2) is 30.3 Å². The van der Waals surface area contributed by atoms with Gasteiger partial charge in [0.25, 0.3) is 0 Å². The molecule has 0 radical (unpaired) electrons. The molecule has 1 saturated carbocycles. The molecule has 3 nitrogen and oxygen atoms in total. The van der Waals surface area contributed by atoms with Crippen molar-refractivity contribution < 1.29 is 9.53 Å². The molecule has 1 aromatic rings. The summed E-state index contributed by atoms with van der Waals surface area (Å²) in [5.74, 6) is -0.309. The zero-order valence-electron chi connectivity index (χ0n) is 11.8. The van der Waals surface area contributed by atoms with Crippen LogP contribution in [0.1, 0.15) is 51.1 Å². The van der Waals surface area contributed by atoms with Crippen molar-refractivity contribution in [2.45, 2.75) is 51.7 Å². The summed E-state index contributed by atoms with van der Waals surface area (Å²) in [5, 5.41) is 0. The number of esters is 1. The first-order chi connectivity index (χ1) is 8.98. The third kappa shape index (κ3) is 3.80. The minimum Gasteiger partial charge on any atom is -0.461 e. The molecule has 0 aromatic heterocycles. The molecule has 1 aliphatic carbocycles. The normalized spacial score (nSPS) is 20.8. The molecule has 2 N–H and O–H groups in total. The molecule has 0 unspecified atom stereocenters. The number of carbonyl (C=O) groups excluding carboxylic acids is 1. The van der Waals surface area contributed by atoms with Crippen LogP contribution in [0.2, 0.25) is 0 Å². The van der Waals surface area contributed by atoms with Crippen LogP contribution in [-0.2, 0) is 9.53 Å². The summed E-state index contributed by atoms with van der Waals surface area (Å²) < 4.78 is 5.54. The lowest BCUT2D eigenvalue weighted by molar-refractivity contribution is -0.153. The van der Waals surface area contributed by atoms with Gasteiger partial charge in [-0.1, -0.05) is 44.2 Å². The number of carbonyl (C=O) groups is 1. The number of hydrogen-bond donors (Lipinski definition) is 1. The molecule has 2 rings (SSSR count). The van der Waals surface area contributed by atoms with Crippen LogP contribution in [0.4, 0.5) is 0 Å². The third-order valence-corrected chi connectivity index (χ3v) is 3.98. The predicted octanol–water partition coefficient (Wildman–Crippen LogP) is 3.20. The molecule has 0 aliphatic heterocycles. The second-order valence-electron chi connectivity index (χ2n) is 6.19. The van der Waals surface area contributed by atoms with Gasteiger partial charge in [-0.3, -0.25) is 0 Å². The van der Waals surface area contributed by atoms with E-state index < -0.39 is 6.04 Å². The Morgan fingerprint density at radius 3 is 2.42 bits per heavy atom. The Morgan fingerprint density at radius 1 is 1.26 bits per heavy atom. The monoisotopic (exact) mass is 261 g/mol. The van der Waals surface area contributed by atoms with E-state index in [9.17, 15) is 4.79 Å². The summed E-state index contributed by atoms with van der Waals surface area (Å²) in [4.78, 5) is 12.0. The summed E-state index contributed by atoms with van der Waals surface area (Å²) in [6, 6.07) is 8.71. The zero-order valence-corrected chi connectivity index (χ0v) is 11.8. The number of benzene rings is 1. The van der Waals surface area contributed by atoms with Crippen molar-refractivity contribution in [2.75, 3.05) is 0 Å². The Balaban J connectivity index is 1.88. The van der Waals surface area contributed by atoms with Crippen LogP contribution < -0.4 is 5.73 Å². The van der Waals surface area contributed by atoms with E-state index in [-0.39, 0.29) is 12.1 Å². The molecule has 19 heavy (non-hydrogen) atoms. The van der Waals surface area contributed by atoms with Crippen LogP contribution in [-0.4, -0.2) is 12.1 Å².